The average Bonchev–Trinajstić information content (AvgIpc) is 2.60. The molecule has 25 heavy (non-hydrogen) atoms. The van der Waals surface area contributed by atoms with Gasteiger partial charge in [0.2, 0.25) is 0 Å². The van der Waals surface area contributed by atoms with E-state index in [0.29, 0.717) is 17.1 Å². The molecule has 5 nitrogen and oxygen atoms in total. The number of halogens is 2. The Morgan fingerprint density at radius 1 is 1.20 bits per heavy atom. The first-order valence-electron chi connectivity index (χ1n) is 7.77. The van der Waals surface area contributed by atoms with E-state index in [2.05, 4.69) is 10.3 Å². The fourth-order valence-corrected chi connectivity index (χ4v) is 2.91. The van der Waals surface area contributed by atoms with Gasteiger partial charge >= 0.3 is 0 Å². The first kappa shape index (κ1) is 17.7. The van der Waals surface area contributed by atoms with Gasteiger partial charge < -0.3 is 10.4 Å². The molecule has 0 fully saturated rings. The van der Waals surface area contributed by atoms with E-state index >= 15 is 0 Å². The third-order valence-corrected chi connectivity index (χ3v) is 4.69. The highest BCUT2D eigenvalue weighted by molar-refractivity contribution is 6.45. The van der Waals surface area contributed by atoms with Crippen LogP contribution in [0.15, 0.2) is 47.5 Å². The second kappa shape index (κ2) is 7.44. The lowest BCUT2D eigenvalue weighted by Crippen LogP contribution is -2.31. The maximum atomic E-state index is 12.6. The van der Waals surface area contributed by atoms with Gasteiger partial charge in [0.15, 0.2) is 0 Å². The highest BCUT2D eigenvalue weighted by Crippen LogP contribution is 2.27. The monoisotopic (exact) mass is 377 g/mol. The lowest BCUT2D eigenvalue weighted by atomic mass is 10.2. The Bertz CT molecular complexity index is 955. The fraction of sp³-hybridized carbons (Fsp3) is 0.222. The number of hydrogen-bond donors (Lipinski definition) is 2. The van der Waals surface area contributed by atoms with Crippen molar-refractivity contribution in [2.75, 3.05) is 11.9 Å². The number of nitrogens with one attached hydrogen (secondary N) is 1. The molecule has 3 rings (SSSR count). The number of nitrogens with zero attached hydrogens (tertiary/aromatic N) is 2. The third kappa shape index (κ3) is 3.95. The summed E-state index contributed by atoms with van der Waals surface area (Å²) in [4.78, 5) is 16.8. The van der Waals surface area contributed by atoms with E-state index < -0.39 is 6.10 Å². The van der Waals surface area contributed by atoms with Crippen LogP contribution in [0.4, 0.5) is 5.69 Å². The molecule has 0 aliphatic heterocycles. The quantitative estimate of drug-likeness (QED) is 0.713. The van der Waals surface area contributed by atoms with Crippen molar-refractivity contribution in [3.8, 4) is 0 Å². The Kier molecular flexibility index (Phi) is 5.27. The lowest BCUT2D eigenvalue weighted by Gasteiger charge is -2.15. The first-order chi connectivity index (χ1) is 12.0. The van der Waals surface area contributed by atoms with E-state index in [0.717, 1.165) is 11.3 Å². The molecule has 2 aromatic carbocycles. The molecule has 3 aromatic rings. The summed E-state index contributed by atoms with van der Waals surface area (Å²) in [6, 6.07) is 11.1. The molecule has 0 aliphatic carbocycles. The second-order valence-electron chi connectivity index (χ2n) is 5.86. The van der Waals surface area contributed by atoms with Crippen molar-refractivity contribution < 1.29 is 5.11 Å². The van der Waals surface area contributed by atoms with Gasteiger partial charge in [-0.2, -0.15) is 0 Å². The number of aryl methyl sites for hydroxylation is 1. The van der Waals surface area contributed by atoms with Crippen molar-refractivity contribution in [2.45, 2.75) is 19.6 Å². The number of aliphatic hydroxyl groups excluding tert-OH is 1. The Balaban J connectivity index is 1.76. The predicted octanol–water partition coefficient (Wildman–Crippen LogP) is 3.48. The van der Waals surface area contributed by atoms with E-state index in [1.807, 2.05) is 31.2 Å². The zero-order valence-corrected chi connectivity index (χ0v) is 15.1. The SMILES string of the molecule is Cc1ccc(NC[C@H](O)Cn2cnc3ccc(Cl)c(Cl)c3c2=O)cc1. The smallest absolute Gasteiger partial charge is 0.262 e. The van der Waals surface area contributed by atoms with Crippen LogP contribution in [0, 0.1) is 6.92 Å². The van der Waals surface area contributed by atoms with Crippen molar-refractivity contribution in [2.24, 2.45) is 0 Å². The first-order valence-corrected chi connectivity index (χ1v) is 8.53. The third-order valence-electron chi connectivity index (χ3n) is 3.88. The molecule has 0 aliphatic rings. The molecule has 1 heterocycles. The van der Waals surface area contributed by atoms with Crippen molar-refractivity contribution in [3.63, 3.8) is 0 Å². The largest absolute Gasteiger partial charge is 0.389 e. The van der Waals surface area contributed by atoms with Gasteiger partial charge in [-0.05, 0) is 31.2 Å². The molecule has 7 heteroatoms. The number of fused-ring (bicyclic) bond motifs is 1. The average molecular weight is 378 g/mol. The summed E-state index contributed by atoms with van der Waals surface area (Å²) in [5, 5.41) is 14.1. The zero-order chi connectivity index (χ0) is 18.0. The standard InChI is InChI=1S/C18H17Cl2N3O2/c1-11-2-4-12(5-3-11)21-8-13(24)9-23-10-22-15-7-6-14(19)17(20)16(15)18(23)25/h2-7,10,13,21,24H,8-9H2,1H3/t13-/m0/s1. The molecule has 2 N–H and O–H groups in total. The van der Waals surface area contributed by atoms with E-state index in [9.17, 15) is 9.90 Å². The highest BCUT2D eigenvalue weighted by atomic mass is 35.5. The molecule has 0 saturated heterocycles. The normalized spacial score (nSPS) is 12.3. The Morgan fingerprint density at radius 2 is 1.92 bits per heavy atom. The van der Waals surface area contributed by atoms with Gasteiger partial charge in [-0.3, -0.25) is 9.36 Å². The van der Waals surface area contributed by atoms with Gasteiger partial charge in [0.05, 0.1) is 39.9 Å². The van der Waals surface area contributed by atoms with Crippen LogP contribution in [0.2, 0.25) is 10.0 Å². The predicted molar refractivity (Wildman–Crippen MR) is 102 cm³/mol. The summed E-state index contributed by atoms with van der Waals surface area (Å²) in [6.07, 6.45) is 0.639. The van der Waals surface area contributed by atoms with Crippen LogP contribution in [0.5, 0.6) is 0 Å². The van der Waals surface area contributed by atoms with Crippen LogP contribution in [-0.2, 0) is 6.54 Å². The van der Waals surface area contributed by atoms with Crippen LogP contribution in [0.3, 0.4) is 0 Å². The van der Waals surface area contributed by atoms with Crippen molar-refractivity contribution in [1.82, 2.24) is 9.55 Å². The van der Waals surface area contributed by atoms with Crippen LogP contribution in [0.1, 0.15) is 5.56 Å². The molecule has 0 spiro atoms. The van der Waals surface area contributed by atoms with Crippen LogP contribution in [-0.4, -0.2) is 27.3 Å². The zero-order valence-electron chi connectivity index (χ0n) is 13.5. The highest BCUT2D eigenvalue weighted by Gasteiger charge is 2.13. The maximum absolute atomic E-state index is 12.6. The van der Waals surface area contributed by atoms with Gasteiger partial charge in [0, 0.05) is 12.2 Å². The van der Waals surface area contributed by atoms with Crippen LogP contribution >= 0.6 is 23.2 Å². The number of rotatable bonds is 5. The Hall–Kier alpha value is -2.08. The molecular formula is C18H17Cl2N3O2. The summed E-state index contributed by atoms with van der Waals surface area (Å²) in [5.74, 6) is 0. The summed E-state index contributed by atoms with van der Waals surface area (Å²) >= 11 is 12.1. The number of benzene rings is 2. The van der Waals surface area contributed by atoms with E-state index in [4.69, 9.17) is 23.2 Å². The topological polar surface area (TPSA) is 67.2 Å². The minimum atomic E-state index is -0.767. The molecule has 1 atom stereocenters. The van der Waals surface area contributed by atoms with Crippen LogP contribution in [0.25, 0.3) is 10.9 Å². The summed E-state index contributed by atoms with van der Waals surface area (Å²) in [7, 11) is 0. The van der Waals surface area contributed by atoms with Crippen molar-refractivity contribution in [1.29, 1.82) is 0 Å². The van der Waals surface area contributed by atoms with Crippen LogP contribution < -0.4 is 10.9 Å². The van der Waals surface area contributed by atoms with E-state index in [1.165, 1.54) is 10.9 Å². The van der Waals surface area contributed by atoms with Gasteiger partial charge in [0.1, 0.15) is 0 Å². The van der Waals surface area contributed by atoms with E-state index in [-0.39, 0.29) is 22.5 Å². The molecule has 1 aromatic heterocycles. The second-order valence-corrected chi connectivity index (χ2v) is 6.64. The molecule has 0 amide bonds. The minimum Gasteiger partial charge on any atom is -0.389 e. The number of aromatic nitrogens is 2. The molecular weight excluding hydrogens is 361 g/mol. The number of hydrogen-bond acceptors (Lipinski definition) is 4. The fourth-order valence-electron chi connectivity index (χ4n) is 2.51. The summed E-state index contributed by atoms with van der Waals surface area (Å²) in [6.45, 7) is 2.41. The van der Waals surface area contributed by atoms with Gasteiger partial charge in [0.25, 0.3) is 5.56 Å². The van der Waals surface area contributed by atoms with Gasteiger partial charge in [-0.25, -0.2) is 4.98 Å². The Labute approximate surface area is 154 Å². The molecule has 0 radical (unpaired) electrons. The Morgan fingerprint density at radius 3 is 2.64 bits per heavy atom. The summed E-state index contributed by atoms with van der Waals surface area (Å²) in [5.41, 5.74) is 2.22. The summed E-state index contributed by atoms with van der Waals surface area (Å²) < 4.78 is 1.34. The number of anilines is 1. The minimum absolute atomic E-state index is 0.101. The number of aliphatic hydroxyl groups is 1. The lowest BCUT2D eigenvalue weighted by molar-refractivity contribution is 0.165. The molecule has 0 bridgehead atoms. The molecule has 130 valence electrons. The molecule has 0 unspecified atom stereocenters. The van der Waals surface area contributed by atoms with Crippen molar-refractivity contribution >= 4 is 39.8 Å². The van der Waals surface area contributed by atoms with Gasteiger partial charge in [-0.1, -0.05) is 40.9 Å². The van der Waals surface area contributed by atoms with E-state index in [1.54, 1.807) is 12.1 Å². The maximum Gasteiger partial charge on any atom is 0.262 e. The van der Waals surface area contributed by atoms with Gasteiger partial charge in [-0.15, -0.1) is 0 Å². The van der Waals surface area contributed by atoms with Crippen molar-refractivity contribution in [3.05, 3.63) is 68.7 Å². The molecule has 0 saturated carbocycles.